The second-order valence-electron chi connectivity index (χ2n) is 7.66. The van der Waals surface area contributed by atoms with Gasteiger partial charge < -0.3 is 14.2 Å². The van der Waals surface area contributed by atoms with Gasteiger partial charge in [-0.1, -0.05) is 6.07 Å². The van der Waals surface area contributed by atoms with Crippen molar-refractivity contribution >= 4 is 28.4 Å². The fourth-order valence-corrected chi connectivity index (χ4v) is 4.94. The summed E-state index contributed by atoms with van der Waals surface area (Å²) in [6.07, 6.45) is 0.0715. The molecule has 4 aromatic rings. The molecular formula is C24H19F3N3O3S2+. The molecule has 1 unspecified atom stereocenters. The highest BCUT2D eigenvalue weighted by atomic mass is 32.2. The Bertz CT molecular complexity index is 1320. The lowest BCUT2D eigenvalue weighted by Gasteiger charge is -2.28. The molecule has 0 aliphatic carbocycles. The molecule has 11 heteroatoms. The number of anilines is 1. The molecule has 1 aliphatic rings. The van der Waals surface area contributed by atoms with Crippen molar-refractivity contribution < 1.29 is 32.6 Å². The van der Waals surface area contributed by atoms with E-state index in [0.29, 0.717) is 30.1 Å². The minimum absolute atomic E-state index is 0.285. The Morgan fingerprint density at radius 1 is 1.14 bits per heavy atom. The molecule has 1 aliphatic heterocycles. The first kappa shape index (κ1) is 23.3. The van der Waals surface area contributed by atoms with Crippen molar-refractivity contribution in [3.8, 4) is 22.6 Å². The number of hydrogen-bond acceptors (Lipinski definition) is 7. The van der Waals surface area contributed by atoms with E-state index in [1.54, 1.807) is 6.20 Å². The lowest BCUT2D eigenvalue weighted by molar-refractivity contribution is -0.904. The highest BCUT2D eigenvalue weighted by Gasteiger charge is 2.32. The maximum atomic E-state index is 13.4. The third-order valence-electron chi connectivity index (χ3n) is 5.36. The van der Waals surface area contributed by atoms with Gasteiger partial charge in [0.05, 0.1) is 12.2 Å². The Morgan fingerprint density at radius 2 is 1.97 bits per heavy atom. The maximum absolute atomic E-state index is 13.4. The number of pyridine rings is 1. The van der Waals surface area contributed by atoms with Crippen molar-refractivity contribution in [1.29, 1.82) is 0 Å². The summed E-state index contributed by atoms with van der Waals surface area (Å²) < 4.78 is 56.4. The Kier molecular flexibility index (Phi) is 6.44. The Morgan fingerprint density at radius 3 is 2.71 bits per heavy atom. The molecule has 2 aromatic heterocycles. The average molecular weight is 519 g/mol. The number of benzene rings is 2. The quantitative estimate of drug-likeness (QED) is 0.176. The molecule has 5 rings (SSSR count). The van der Waals surface area contributed by atoms with Gasteiger partial charge in [-0.25, -0.2) is 4.98 Å². The first-order valence-corrected chi connectivity index (χ1v) is 12.2. The molecular weight excluding hydrogens is 499 g/mol. The number of hydrogen-bond donors (Lipinski definition) is 2. The first-order valence-electron chi connectivity index (χ1n) is 10.5. The van der Waals surface area contributed by atoms with Gasteiger partial charge in [-0.15, -0.1) is 11.3 Å². The van der Waals surface area contributed by atoms with Crippen LogP contribution in [0.2, 0.25) is 0 Å². The summed E-state index contributed by atoms with van der Waals surface area (Å²) >= 11 is 2.90. The first-order chi connectivity index (χ1) is 16.9. The second-order valence-corrected chi connectivity index (χ2v) is 9.43. The van der Waals surface area contributed by atoms with E-state index in [9.17, 15) is 18.4 Å². The maximum Gasteiger partial charge on any atom is 0.416 e. The third-order valence-corrected chi connectivity index (χ3v) is 6.96. The summed E-state index contributed by atoms with van der Waals surface area (Å²) in [4.78, 5) is 5.11. The third kappa shape index (κ3) is 5.30. The number of ether oxygens (including phenoxy) is 2. The molecule has 0 amide bonds. The molecule has 2 aromatic carbocycles. The van der Waals surface area contributed by atoms with E-state index in [-0.39, 0.29) is 5.56 Å². The molecule has 0 saturated carbocycles. The summed E-state index contributed by atoms with van der Waals surface area (Å²) in [5.41, 5.74) is 0.821. The normalized spacial score (nSPS) is 15.2. The zero-order valence-corrected chi connectivity index (χ0v) is 19.7. The smallest absolute Gasteiger partial charge is 0.416 e. The number of nitrogens with zero attached hydrogens (tertiary/aromatic N) is 2. The molecule has 0 radical (unpaired) electrons. The van der Waals surface area contributed by atoms with Crippen LogP contribution in [0.1, 0.15) is 23.7 Å². The molecule has 1 atom stereocenters. The minimum atomic E-state index is -4.50. The van der Waals surface area contributed by atoms with Gasteiger partial charge in [0.25, 0.3) is 0 Å². The van der Waals surface area contributed by atoms with Crippen molar-refractivity contribution in [3.05, 3.63) is 83.6 Å². The van der Waals surface area contributed by atoms with Gasteiger partial charge in [-0.2, -0.15) is 13.2 Å². The van der Waals surface area contributed by atoms with Crippen LogP contribution in [0.5, 0.6) is 11.5 Å². The van der Waals surface area contributed by atoms with E-state index in [4.69, 9.17) is 9.47 Å². The van der Waals surface area contributed by atoms with Crippen molar-refractivity contribution in [2.75, 3.05) is 11.3 Å². The van der Waals surface area contributed by atoms with Crippen molar-refractivity contribution in [3.63, 3.8) is 0 Å². The summed E-state index contributed by atoms with van der Waals surface area (Å²) in [5, 5.41) is 12.2. The van der Waals surface area contributed by atoms with E-state index >= 15 is 0 Å². The van der Waals surface area contributed by atoms with E-state index in [2.05, 4.69) is 9.71 Å². The van der Waals surface area contributed by atoms with E-state index in [0.717, 1.165) is 32.5 Å². The van der Waals surface area contributed by atoms with Gasteiger partial charge in [-0.3, -0.25) is 5.21 Å². The Hall–Kier alpha value is -3.44. The SMILES string of the molecule is O[n+]1ccc(-c2cc(C(F)(F)F)ccc2OC2CCOc3cc(SNc4nccs4)ccc32)cc1. The number of halogens is 3. The number of rotatable bonds is 6. The van der Waals surface area contributed by atoms with Gasteiger partial charge in [0.1, 0.15) is 17.6 Å². The minimum Gasteiger partial charge on any atom is -0.493 e. The lowest BCUT2D eigenvalue weighted by atomic mass is 10.0. The van der Waals surface area contributed by atoms with Gasteiger partial charge in [0, 0.05) is 50.9 Å². The van der Waals surface area contributed by atoms with Gasteiger partial charge in [-0.05, 0) is 47.8 Å². The van der Waals surface area contributed by atoms with Crippen LogP contribution in [-0.2, 0) is 6.18 Å². The zero-order valence-electron chi connectivity index (χ0n) is 18.0. The van der Waals surface area contributed by atoms with Crippen molar-refractivity contribution in [2.24, 2.45) is 0 Å². The highest BCUT2D eigenvalue weighted by molar-refractivity contribution is 8.00. The largest absolute Gasteiger partial charge is 0.493 e. The standard InChI is InChI=1S/C24H19F3N3O3S2/c25-24(26,27)16-1-4-20(19(13-16)15-5-9-30(31)10-6-15)33-21-7-11-32-22-14-17(2-3-18(21)22)35-29-23-28-8-12-34-23/h1-6,8-10,12-14,21,31H,7,11H2,(H,28,29)/q+1. The number of thiazole rings is 1. The molecule has 0 bridgehead atoms. The monoisotopic (exact) mass is 518 g/mol. The van der Waals surface area contributed by atoms with E-state index in [1.807, 2.05) is 23.6 Å². The highest BCUT2D eigenvalue weighted by Crippen LogP contribution is 2.42. The summed E-state index contributed by atoms with van der Waals surface area (Å²) in [6, 6.07) is 12.2. The molecule has 2 N–H and O–H groups in total. The van der Waals surface area contributed by atoms with Crippen LogP contribution in [0.25, 0.3) is 11.1 Å². The predicted octanol–water partition coefficient (Wildman–Crippen LogP) is 6.38. The van der Waals surface area contributed by atoms with Crippen LogP contribution < -0.4 is 18.9 Å². The van der Waals surface area contributed by atoms with Crippen LogP contribution in [-0.4, -0.2) is 16.8 Å². The Labute approximate surface area is 207 Å². The summed E-state index contributed by atoms with van der Waals surface area (Å²) in [6.45, 7) is 0.414. The van der Waals surface area contributed by atoms with Gasteiger partial charge in [0.15, 0.2) is 5.13 Å². The van der Waals surface area contributed by atoms with Crippen LogP contribution in [0.15, 0.2) is 77.4 Å². The zero-order chi connectivity index (χ0) is 24.4. The number of aromatic nitrogens is 2. The fourth-order valence-electron chi connectivity index (χ4n) is 3.69. The Balaban J connectivity index is 1.42. The molecule has 6 nitrogen and oxygen atoms in total. The second kappa shape index (κ2) is 9.67. The fraction of sp³-hybridized carbons (Fsp3) is 0.167. The van der Waals surface area contributed by atoms with Crippen LogP contribution in [0.3, 0.4) is 0 Å². The molecule has 0 spiro atoms. The predicted molar refractivity (Wildman–Crippen MR) is 126 cm³/mol. The summed E-state index contributed by atoms with van der Waals surface area (Å²) in [7, 11) is 0. The molecule has 35 heavy (non-hydrogen) atoms. The van der Waals surface area contributed by atoms with Crippen LogP contribution >= 0.6 is 23.3 Å². The van der Waals surface area contributed by atoms with E-state index < -0.39 is 17.8 Å². The van der Waals surface area contributed by atoms with Gasteiger partial charge >= 0.3 is 6.18 Å². The number of fused-ring (bicyclic) bond motifs is 1. The van der Waals surface area contributed by atoms with E-state index in [1.165, 1.54) is 53.9 Å². The van der Waals surface area contributed by atoms with Gasteiger partial charge in [0.2, 0.25) is 12.4 Å². The lowest BCUT2D eigenvalue weighted by Crippen LogP contribution is -2.27. The molecule has 0 saturated heterocycles. The molecule has 180 valence electrons. The van der Waals surface area contributed by atoms with Crippen LogP contribution in [0, 0.1) is 0 Å². The number of nitrogens with one attached hydrogen (secondary N) is 1. The van der Waals surface area contributed by atoms with Crippen molar-refractivity contribution in [2.45, 2.75) is 23.6 Å². The summed E-state index contributed by atoms with van der Waals surface area (Å²) in [5.74, 6) is 0.983. The number of alkyl halides is 3. The van der Waals surface area contributed by atoms with Crippen molar-refractivity contribution in [1.82, 2.24) is 4.98 Å². The average Bonchev–Trinajstić information content (AvgIpc) is 3.37. The molecule has 0 fully saturated rings. The topological polar surface area (TPSA) is 67.5 Å². The molecule has 3 heterocycles. The van der Waals surface area contributed by atoms with Crippen LogP contribution in [0.4, 0.5) is 18.3 Å².